The summed E-state index contributed by atoms with van der Waals surface area (Å²) in [6.45, 7) is 6.83. The van der Waals surface area contributed by atoms with E-state index in [1.165, 1.54) is 16.9 Å². The largest absolute Gasteiger partial charge is 0.477 e. The van der Waals surface area contributed by atoms with Crippen molar-refractivity contribution < 1.29 is 19.4 Å². The Morgan fingerprint density at radius 3 is 2.32 bits per heavy atom. The third kappa shape index (κ3) is 5.59. The lowest BCUT2D eigenvalue weighted by atomic mass is 9.78. The Kier molecular flexibility index (Phi) is 7.88. The van der Waals surface area contributed by atoms with Crippen LogP contribution in [0.25, 0.3) is 5.57 Å². The van der Waals surface area contributed by atoms with Crippen molar-refractivity contribution in [2.75, 3.05) is 12.0 Å². The summed E-state index contributed by atoms with van der Waals surface area (Å²) in [6, 6.07) is 2.06. The van der Waals surface area contributed by atoms with Gasteiger partial charge in [0, 0.05) is 23.9 Å². The summed E-state index contributed by atoms with van der Waals surface area (Å²) in [7, 11) is 1.75. The minimum absolute atomic E-state index is 0.00367. The van der Waals surface area contributed by atoms with Gasteiger partial charge in [-0.2, -0.15) is 0 Å². The zero-order chi connectivity index (χ0) is 24.5. The molecule has 0 aliphatic heterocycles. The maximum atomic E-state index is 14.0. The fourth-order valence-electron chi connectivity index (χ4n) is 5.91. The molecule has 1 heterocycles. The Balaban J connectivity index is 1.68. The van der Waals surface area contributed by atoms with Crippen molar-refractivity contribution in [2.45, 2.75) is 104 Å². The van der Waals surface area contributed by atoms with Crippen molar-refractivity contribution in [1.29, 1.82) is 0 Å². The zero-order valence-electron chi connectivity index (χ0n) is 21.3. The Morgan fingerprint density at radius 1 is 1.09 bits per heavy atom. The molecule has 0 unspecified atom stereocenters. The molecular weight excluding hydrogens is 446 g/mol. The normalized spacial score (nSPS) is 29.4. The molecule has 6 heteroatoms. The molecule has 188 valence electrons. The SMILES string of the molecule is COC1CCC(N(C(=O)C2CCC(C)CC2)c2cc(C3=CCC(C)(C)CC3)sc2C(=O)O)CC1. The van der Waals surface area contributed by atoms with Crippen LogP contribution in [0, 0.1) is 17.3 Å². The molecule has 1 N–H and O–H groups in total. The molecule has 1 aromatic heterocycles. The number of ether oxygens (including phenoxy) is 1. The van der Waals surface area contributed by atoms with E-state index in [1.54, 1.807) is 7.11 Å². The lowest BCUT2D eigenvalue weighted by Gasteiger charge is -2.39. The van der Waals surface area contributed by atoms with Crippen LogP contribution >= 0.6 is 11.3 Å². The fraction of sp³-hybridized carbons (Fsp3) is 0.714. The number of nitrogens with zero attached hydrogens (tertiary/aromatic N) is 1. The van der Waals surface area contributed by atoms with Crippen molar-refractivity contribution in [2.24, 2.45) is 17.3 Å². The minimum atomic E-state index is -0.927. The van der Waals surface area contributed by atoms with Gasteiger partial charge in [0.2, 0.25) is 5.91 Å². The van der Waals surface area contributed by atoms with Crippen LogP contribution in [0.2, 0.25) is 0 Å². The second-order valence-corrected chi connectivity index (χ2v) is 12.6. The third-order valence-electron chi connectivity index (χ3n) is 8.40. The van der Waals surface area contributed by atoms with Gasteiger partial charge in [0.05, 0.1) is 11.8 Å². The first-order valence-electron chi connectivity index (χ1n) is 13.1. The molecule has 34 heavy (non-hydrogen) atoms. The first-order valence-corrected chi connectivity index (χ1v) is 13.9. The van der Waals surface area contributed by atoms with E-state index in [9.17, 15) is 14.7 Å². The zero-order valence-corrected chi connectivity index (χ0v) is 22.1. The van der Waals surface area contributed by atoms with Gasteiger partial charge in [-0.05, 0) is 93.6 Å². The van der Waals surface area contributed by atoms with Crippen LogP contribution in [0.15, 0.2) is 12.1 Å². The van der Waals surface area contributed by atoms with Crippen molar-refractivity contribution in [3.63, 3.8) is 0 Å². The summed E-state index contributed by atoms with van der Waals surface area (Å²) in [5, 5.41) is 10.1. The third-order valence-corrected chi connectivity index (χ3v) is 9.59. The van der Waals surface area contributed by atoms with E-state index in [4.69, 9.17) is 4.74 Å². The molecule has 0 bridgehead atoms. The van der Waals surface area contributed by atoms with E-state index in [0.717, 1.165) is 75.5 Å². The van der Waals surface area contributed by atoms with Crippen LogP contribution in [0.3, 0.4) is 0 Å². The molecule has 0 spiro atoms. The number of carboxylic acids is 1. The average molecular weight is 488 g/mol. The number of anilines is 1. The maximum Gasteiger partial charge on any atom is 0.348 e. The molecule has 3 aliphatic carbocycles. The van der Waals surface area contributed by atoms with E-state index in [-0.39, 0.29) is 24.0 Å². The van der Waals surface area contributed by atoms with Crippen LogP contribution in [0.5, 0.6) is 0 Å². The number of aromatic carboxylic acids is 1. The van der Waals surface area contributed by atoms with Gasteiger partial charge in [-0.3, -0.25) is 4.79 Å². The van der Waals surface area contributed by atoms with E-state index in [2.05, 4.69) is 26.8 Å². The predicted molar refractivity (Wildman–Crippen MR) is 139 cm³/mol. The van der Waals surface area contributed by atoms with Gasteiger partial charge < -0.3 is 14.7 Å². The van der Waals surface area contributed by atoms with Gasteiger partial charge in [0.1, 0.15) is 4.88 Å². The second kappa shape index (κ2) is 10.5. The number of carbonyl (C=O) groups excluding carboxylic acids is 1. The lowest BCUT2D eigenvalue weighted by molar-refractivity contribution is -0.124. The van der Waals surface area contributed by atoms with E-state index < -0.39 is 5.97 Å². The van der Waals surface area contributed by atoms with Crippen LogP contribution in [-0.2, 0) is 9.53 Å². The number of amides is 1. The van der Waals surface area contributed by atoms with Gasteiger partial charge >= 0.3 is 5.97 Å². The van der Waals surface area contributed by atoms with Crippen LogP contribution in [-0.4, -0.2) is 36.2 Å². The highest BCUT2D eigenvalue weighted by Crippen LogP contribution is 2.44. The molecule has 0 atom stereocenters. The molecule has 2 fully saturated rings. The van der Waals surface area contributed by atoms with Crippen LogP contribution in [0.4, 0.5) is 5.69 Å². The summed E-state index contributed by atoms with van der Waals surface area (Å²) in [5.74, 6) is -0.127. The van der Waals surface area contributed by atoms with Crippen molar-refractivity contribution in [1.82, 2.24) is 0 Å². The molecule has 1 amide bonds. The molecule has 5 nitrogen and oxygen atoms in total. The van der Waals surface area contributed by atoms with Crippen LogP contribution in [0.1, 0.15) is 106 Å². The van der Waals surface area contributed by atoms with E-state index >= 15 is 0 Å². The van der Waals surface area contributed by atoms with Crippen molar-refractivity contribution in [3.05, 3.63) is 21.9 Å². The first-order chi connectivity index (χ1) is 16.2. The topological polar surface area (TPSA) is 66.8 Å². The Labute approximate surface area is 208 Å². The molecule has 1 aromatic rings. The summed E-state index contributed by atoms with van der Waals surface area (Å²) in [6.07, 6.45) is 13.1. The number of methoxy groups -OCH3 is 1. The minimum Gasteiger partial charge on any atom is -0.477 e. The smallest absolute Gasteiger partial charge is 0.348 e. The standard InChI is InChI=1S/C28H41NO4S/c1-18-5-7-20(8-6-18)26(30)29(21-9-11-22(33-4)12-10-21)23-17-24(34-25(23)27(31)32)19-13-15-28(2,3)16-14-19/h13,17-18,20-22H,5-12,14-16H2,1-4H3,(H,31,32). The number of allylic oxidation sites excluding steroid dienone is 2. The van der Waals surface area contributed by atoms with Gasteiger partial charge in [-0.25, -0.2) is 4.79 Å². The Bertz CT molecular complexity index is 917. The first kappa shape index (κ1) is 25.4. The molecular formula is C28H41NO4S. The second-order valence-electron chi connectivity index (χ2n) is 11.6. The molecule has 2 saturated carbocycles. The Morgan fingerprint density at radius 2 is 1.76 bits per heavy atom. The number of thiophene rings is 1. The molecule has 4 rings (SSSR count). The quantitative estimate of drug-likeness (QED) is 0.462. The van der Waals surface area contributed by atoms with Crippen molar-refractivity contribution in [3.8, 4) is 0 Å². The van der Waals surface area contributed by atoms with Gasteiger partial charge in [0.25, 0.3) is 0 Å². The summed E-state index contributed by atoms with van der Waals surface area (Å²) >= 11 is 1.35. The monoisotopic (exact) mass is 487 g/mol. The van der Waals surface area contributed by atoms with Gasteiger partial charge in [0.15, 0.2) is 0 Å². The van der Waals surface area contributed by atoms with Gasteiger partial charge in [-0.1, -0.05) is 26.8 Å². The maximum absolute atomic E-state index is 14.0. The highest BCUT2D eigenvalue weighted by atomic mass is 32.1. The summed E-state index contributed by atoms with van der Waals surface area (Å²) < 4.78 is 5.57. The summed E-state index contributed by atoms with van der Waals surface area (Å²) in [5.41, 5.74) is 2.15. The number of hydrogen-bond donors (Lipinski definition) is 1. The molecule has 0 radical (unpaired) electrons. The average Bonchev–Trinajstić information content (AvgIpc) is 3.25. The molecule has 0 aromatic carbocycles. The predicted octanol–water partition coefficient (Wildman–Crippen LogP) is 7.16. The highest BCUT2D eigenvalue weighted by Gasteiger charge is 2.38. The van der Waals surface area contributed by atoms with E-state index in [1.807, 2.05) is 11.0 Å². The summed E-state index contributed by atoms with van der Waals surface area (Å²) in [4.78, 5) is 29.6. The fourth-order valence-corrected chi connectivity index (χ4v) is 6.97. The number of carbonyl (C=O) groups is 2. The van der Waals surface area contributed by atoms with Crippen LogP contribution < -0.4 is 4.90 Å². The van der Waals surface area contributed by atoms with E-state index in [0.29, 0.717) is 21.9 Å². The molecule has 3 aliphatic rings. The number of rotatable bonds is 6. The molecule has 0 saturated heterocycles. The number of hydrogen-bond acceptors (Lipinski definition) is 4. The van der Waals surface area contributed by atoms with Gasteiger partial charge in [-0.15, -0.1) is 11.3 Å². The lowest BCUT2D eigenvalue weighted by Crippen LogP contribution is -2.47. The highest BCUT2D eigenvalue weighted by molar-refractivity contribution is 7.15. The Hall–Kier alpha value is -1.66. The van der Waals surface area contributed by atoms with Crippen molar-refractivity contribution >= 4 is 34.5 Å². The number of carboxylic acid groups (broad SMARTS) is 1.